The molecule has 0 saturated carbocycles. The second kappa shape index (κ2) is 2.32. The van der Waals surface area contributed by atoms with E-state index in [-0.39, 0.29) is 0 Å². The highest BCUT2D eigenvalue weighted by atomic mass is 14.7. The molecular weight excluding hydrogens is 146 g/mol. The molecule has 1 aromatic heterocycles. The largest absolute Gasteiger partial charge is 0.212 e. The van der Waals surface area contributed by atoms with Crippen LogP contribution in [-0.2, 0) is 25.7 Å². The molecule has 2 aliphatic carbocycles. The van der Waals surface area contributed by atoms with Crippen molar-refractivity contribution in [2.24, 2.45) is 0 Å². The molecule has 1 heterocycles. The predicted octanol–water partition coefficient (Wildman–Crippen LogP) is 1.48. The second-order valence-electron chi connectivity index (χ2n) is 3.98. The fourth-order valence-corrected chi connectivity index (χ4v) is 2.53. The molecule has 0 unspecified atom stereocenters. The first-order valence-electron chi connectivity index (χ1n) is 4.99. The van der Waals surface area contributed by atoms with E-state index in [0.717, 1.165) is 0 Å². The van der Waals surface area contributed by atoms with Crippen LogP contribution >= 0.6 is 0 Å². The van der Waals surface area contributed by atoms with E-state index < -0.39 is 0 Å². The summed E-state index contributed by atoms with van der Waals surface area (Å²) in [7, 11) is 0. The van der Waals surface area contributed by atoms with Crippen molar-refractivity contribution in [3.8, 4) is 0 Å². The van der Waals surface area contributed by atoms with Gasteiger partial charge in [0.2, 0.25) is 0 Å². The Bertz CT molecular complexity index is 268. The zero-order valence-corrected chi connectivity index (χ0v) is 7.32. The molecular formula is C11H14N+. The maximum Gasteiger partial charge on any atom is 0.183 e. The summed E-state index contributed by atoms with van der Waals surface area (Å²) < 4.78 is 0. The zero-order chi connectivity index (χ0) is 7.97. The van der Waals surface area contributed by atoms with Gasteiger partial charge in [-0.15, -0.1) is 0 Å². The summed E-state index contributed by atoms with van der Waals surface area (Å²) in [6, 6.07) is 2.45. The molecule has 0 amide bonds. The maximum atomic E-state index is 3.61. The van der Waals surface area contributed by atoms with E-state index in [1.54, 1.807) is 11.1 Å². The third-order valence-electron chi connectivity index (χ3n) is 3.17. The summed E-state index contributed by atoms with van der Waals surface area (Å²) in [6.45, 7) is 0. The van der Waals surface area contributed by atoms with Gasteiger partial charge in [-0.3, -0.25) is 0 Å². The summed E-state index contributed by atoms with van der Waals surface area (Å²) in [4.78, 5) is 3.61. The molecule has 0 atom stereocenters. The normalized spacial score (nSPS) is 19.3. The molecule has 3 rings (SSSR count). The number of fused-ring (bicyclic) bond motifs is 2. The molecule has 1 aromatic rings. The quantitative estimate of drug-likeness (QED) is 0.546. The van der Waals surface area contributed by atoms with Gasteiger partial charge in [0.25, 0.3) is 0 Å². The number of H-pyrrole nitrogens is 1. The van der Waals surface area contributed by atoms with Gasteiger partial charge in [-0.05, 0) is 31.7 Å². The number of rotatable bonds is 0. The minimum Gasteiger partial charge on any atom is -0.212 e. The lowest BCUT2D eigenvalue weighted by molar-refractivity contribution is -0.401. The monoisotopic (exact) mass is 160 g/mol. The van der Waals surface area contributed by atoms with Crippen molar-refractivity contribution in [2.75, 3.05) is 0 Å². The number of aryl methyl sites for hydroxylation is 4. The first-order chi connectivity index (χ1) is 5.93. The van der Waals surface area contributed by atoms with Crippen molar-refractivity contribution < 1.29 is 4.98 Å². The SMILES string of the molecule is c1c2c([nH+]c3c1CCC3)CCC2. The highest BCUT2D eigenvalue weighted by Gasteiger charge is 2.24. The lowest BCUT2D eigenvalue weighted by atomic mass is 10.1. The third kappa shape index (κ3) is 0.825. The summed E-state index contributed by atoms with van der Waals surface area (Å²) >= 11 is 0. The average molecular weight is 160 g/mol. The first-order valence-corrected chi connectivity index (χ1v) is 4.99. The van der Waals surface area contributed by atoms with E-state index >= 15 is 0 Å². The van der Waals surface area contributed by atoms with Gasteiger partial charge in [-0.1, -0.05) is 0 Å². The summed E-state index contributed by atoms with van der Waals surface area (Å²) in [5.41, 5.74) is 6.23. The molecule has 0 bridgehead atoms. The second-order valence-corrected chi connectivity index (χ2v) is 3.98. The lowest BCUT2D eigenvalue weighted by Crippen LogP contribution is -2.16. The molecule has 0 aliphatic heterocycles. The first kappa shape index (κ1) is 6.64. The topological polar surface area (TPSA) is 14.1 Å². The molecule has 1 N–H and O–H groups in total. The lowest BCUT2D eigenvalue weighted by Gasteiger charge is -1.96. The Morgan fingerprint density at radius 3 is 2.00 bits per heavy atom. The van der Waals surface area contributed by atoms with E-state index in [1.165, 1.54) is 49.9 Å². The molecule has 0 fully saturated rings. The molecule has 2 aliphatic rings. The van der Waals surface area contributed by atoms with Gasteiger partial charge in [-0.2, -0.15) is 0 Å². The standard InChI is InChI=1S/C11H13N/c1-3-8-7-9-4-2-6-11(9)12-10(8)5-1/h7H,1-6H2/p+1. The Balaban J connectivity index is 2.18. The van der Waals surface area contributed by atoms with Gasteiger partial charge < -0.3 is 0 Å². The maximum absolute atomic E-state index is 3.61. The molecule has 62 valence electrons. The van der Waals surface area contributed by atoms with E-state index in [1.807, 2.05) is 0 Å². The molecule has 0 saturated heterocycles. The third-order valence-corrected chi connectivity index (χ3v) is 3.17. The number of hydrogen-bond acceptors (Lipinski definition) is 0. The van der Waals surface area contributed by atoms with Gasteiger partial charge in [0.1, 0.15) is 0 Å². The van der Waals surface area contributed by atoms with Crippen LogP contribution in [-0.4, -0.2) is 0 Å². The predicted molar refractivity (Wildman–Crippen MR) is 47.0 cm³/mol. The van der Waals surface area contributed by atoms with Gasteiger partial charge in [-0.25, -0.2) is 4.98 Å². The molecule has 1 heteroatoms. The van der Waals surface area contributed by atoms with Crippen LogP contribution in [0.15, 0.2) is 6.07 Å². The van der Waals surface area contributed by atoms with Crippen LogP contribution in [0, 0.1) is 0 Å². The summed E-state index contributed by atoms with van der Waals surface area (Å²) in [5, 5.41) is 0. The summed E-state index contributed by atoms with van der Waals surface area (Å²) in [5.74, 6) is 0. The van der Waals surface area contributed by atoms with Crippen LogP contribution in [0.1, 0.15) is 35.4 Å². The van der Waals surface area contributed by atoms with Crippen molar-refractivity contribution in [2.45, 2.75) is 38.5 Å². The van der Waals surface area contributed by atoms with Crippen LogP contribution in [0.25, 0.3) is 0 Å². The Labute approximate surface area is 72.8 Å². The van der Waals surface area contributed by atoms with Crippen molar-refractivity contribution in [1.82, 2.24) is 0 Å². The van der Waals surface area contributed by atoms with Crippen LogP contribution in [0.5, 0.6) is 0 Å². The van der Waals surface area contributed by atoms with E-state index in [2.05, 4.69) is 11.1 Å². The average Bonchev–Trinajstić information content (AvgIpc) is 2.64. The van der Waals surface area contributed by atoms with Crippen molar-refractivity contribution in [3.63, 3.8) is 0 Å². The molecule has 12 heavy (non-hydrogen) atoms. The van der Waals surface area contributed by atoms with E-state index in [0.29, 0.717) is 0 Å². The number of aromatic amines is 1. The van der Waals surface area contributed by atoms with Crippen LogP contribution in [0.4, 0.5) is 0 Å². The van der Waals surface area contributed by atoms with Gasteiger partial charge in [0.05, 0.1) is 0 Å². The Morgan fingerprint density at radius 1 is 0.833 bits per heavy atom. The van der Waals surface area contributed by atoms with Crippen molar-refractivity contribution in [3.05, 3.63) is 28.6 Å². The fraction of sp³-hybridized carbons (Fsp3) is 0.545. The summed E-state index contributed by atoms with van der Waals surface area (Å²) in [6.07, 6.45) is 7.88. The number of nitrogens with one attached hydrogen (secondary N) is 1. The highest BCUT2D eigenvalue weighted by molar-refractivity contribution is 5.30. The smallest absolute Gasteiger partial charge is 0.183 e. The van der Waals surface area contributed by atoms with Crippen molar-refractivity contribution >= 4 is 0 Å². The Hall–Kier alpha value is -0.850. The van der Waals surface area contributed by atoms with E-state index in [9.17, 15) is 0 Å². The zero-order valence-electron chi connectivity index (χ0n) is 7.32. The van der Waals surface area contributed by atoms with Crippen LogP contribution in [0.3, 0.4) is 0 Å². The molecule has 0 radical (unpaired) electrons. The van der Waals surface area contributed by atoms with E-state index in [4.69, 9.17) is 0 Å². The number of pyridine rings is 1. The minimum atomic E-state index is 1.28. The van der Waals surface area contributed by atoms with Crippen molar-refractivity contribution in [1.29, 1.82) is 0 Å². The number of hydrogen-bond donors (Lipinski definition) is 0. The van der Waals surface area contributed by atoms with Gasteiger partial charge in [0, 0.05) is 24.0 Å². The Morgan fingerprint density at radius 2 is 1.42 bits per heavy atom. The van der Waals surface area contributed by atoms with Crippen LogP contribution < -0.4 is 4.98 Å². The minimum absolute atomic E-state index is 1.28. The van der Waals surface area contributed by atoms with Gasteiger partial charge in [0.15, 0.2) is 11.4 Å². The highest BCUT2D eigenvalue weighted by Crippen LogP contribution is 2.24. The molecule has 0 spiro atoms. The Kier molecular flexibility index (Phi) is 1.28. The number of aromatic nitrogens is 1. The molecule has 0 aromatic carbocycles. The van der Waals surface area contributed by atoms with Gasteiger partial charge >= 0.3 is 0 Å². The fourth-order valence-electron chi connectivity index (χ4n) is 2.53. The molecule has 1 nitrogen and oxygen atoms in total. The van der Waals surface area contributed by atoms with Crippen LogP contribution in [0.2, 0.25) is 0 Å².